The normalized spacial score (nSPS) is 11.8. The van der Waals surface area contributed by atoms with Crippen LogP contribution in [-0.4, -0.2) is 36.1 Å². The second-order valence-electron chi connectivity index (χ2n) is 6.33. The van der Waals surface area contributed by atoms with Gasteiger partial charge in [-0.3, -0.25) is 24.3 Å². The number of phosphoric ester groups is 1. The lowest BCUT2D eigenvalue weighted by Crippen LogP contribution is -2.05. The first kappa shape index (κ1) is 21.5. The van der Waals surface area contributed by atoms with Crippen LogP contribution in [0.5, 0.6) is 5.75 Å². The lowest BCUT2D eigenvalue weighted by atomic mass is 10.1. The van der Waals surface area contributed by atoms with E-state index < -0.39 is 14.4 Å². The first-order valence-electron chi connectivity index (χ1n) is 8.75. The Morgan fingerprint density at radius 3 is 2.77 bits per heavy atom. The summed E-state index contributed by atoms with van der Waals surface area (Å²) in [4.78, 5) is 45.3. The molecule has 0 amide bonds. The van der Waals surface area contributed by atoms with Crippen LogP contribution in [0.3, 0.4) is 0 Å². The zero-order chi connectivity index (χ0) is 21.7. The molecule has 0 aliphatic carbocycles. The van der Waals surface area contributed by atoms with Crippen molar-refractivity contribution in [3.63, 3.8) is 0 Å². The largest absolute Gasteiger partial charge is 0.506 e. The third-order valence-corrected chi connectivity index (χ3v) is 4.57. The van der Waals surface area contributed by atoms with E-state index in [2.05, 4.69) is 24.5 Å². The quantitative estimate of drug-likeness (QED) is 0.328. The minimum Gasteiger partial charge on any atom is -0.506 e. The van der Waals surface area contributed by atoms with Gasteiger partial charge in [-0.05, 0) is 19.1 Å². The molecule has 0 fully saturated rings. The maximum Gasteiger partial charge on any atom is 0.469 e. The molecule has 10 nitrogen and oxygen atoms in total. The summed E-state index contributed by atoms with van der Waals surface area (Å²) in [6.07, 6.45) is 4.40. The third kappa shape index (κ3) is 5.68. The summed E-state index contributed by atoms with van der Waals surface area (Å²) in [7, 11) is -4.69. The van der Waals surface area contributed by atoms with Gasteiger partial charge in [0.1, 0.15) is 5.75 Å². The van der Waals surface area contributed by atoms with Crippen molar-refractivity contribution < 1.29 is 24.0 Å². The van der Waals surface area contributed by atoms with Crippen molar-refractivity contribution in [3.8, 4) is 17.1 Å². The van der Waals surface area contributed by atoms with Gasteiger partial charge in [0.25, 0.3) is 0 Å². The molecular formula is C19H19N4O6P. The number of nitrogens with zero attached hydrogens (tertiary/aromatic N) is 3. The number of aromatic nitrogens is 3. The number of pyridine rings is 3. The maximum atomic E-state index is 12.0. The van der Waals surface area contributed by atoms with Crippen molar-refractivity contribution in [1.29, 1.82) is 0 Å². The Kier molecular flexibility index (Phi) is 6.53. The van der Waals surface area contributed by atoms with Gasteiger partial charge in [0.2, 0.25) is 0 Å². The Morgan fingerprint density at radius 2 is 2.07 bits per heavy atom. The lowest BCUT2D eigenvalue weighted by Gasteiger charge is -2.12. The van der Waals surface area contributed by atoms with E-state index >= 15 is 0 Å². The number of hydrogen-bond donors (Lipinski definition) is 4. The summed E-state index contributed by atoms with van der Waals surface area (Å²) in [6, 6.07) is 8.12. The summed E-state index contributed by atoms with van der Waals surface area (Å²) in [5, 5.41) is 10.3. The summed E-state index contributed by atoms with van der Waals surface area (Å²) < 4.78 is 15.5. The highest BCUT2D eigenvalue weighted by Crippen LogP contribution is 2.38. The number of aryl methyl sites for hydroxylation is 1. The van der Waals surface area contributed by atoms with E-state index in [4.69, 9.17) is 9.79 Å². The third-order valence-electron chi connectivity index (χ3n) is 4.10. The molecule has 0 aliphatic heterocycles. The van der Waals surface area contributed by atoms with Crippen LogP contribution in [0.2, 0.25) is 0 Å². The molecule has 3 rings (SSSR count). The van der Waals surface area contributed by atoms with Gasteiger partial charge in [-0.1, -0.05) is 6.07 Å². The Labute approximate surface area is 171 Å². The van der Waals surface area contributed by atoms with Crippen LogP contribution in [0.15, 0.2) is 52.5 Å². The number of aliphatic imine (C=N–C) groups is 1. The molecule has 0 aromatic carbocycles. The molecule has 156 valence electrons. The molecule has 0 bridgehead atoms. The smallest absolute Gasteiger partial charge is 0.469 e. The summed E-state index contributed by atoms with van der Waals surface area (Å²) in [5.74, 6) is -0.144. The number of phosphoric acid groups is 1. The SMILES string of the molecule is Cc1ncc(COP(=O)(O)O)c(CN=Cc2cc(=O)cc(-c3ccccn3)[nH]2)c1O. The van der Waals surface area contributed by atoms with Gasteiger partial charge >= 0.3 is 7.82 Å². The predicted molar refractivity (Wildman–Crippen MR) is 109 cm³/mol. The van der Waals surface area contributed by atoms with Crippen molar-refractivity contribution >= 4 is 14.0 Å². The summed E-state index contributed by atoms with van der Waals surface area (Å²) in [5.41, 5.74) is 2.28. The van der Waals surface area contributed by atoms with Crippen LogP contribution in [0, 0.1) is 6.92 Å². The molecular weight excluding hydrogens is 411 g/mol. The zero-order valence-electron chi connectivity index (χ0n) is 15.9. The van der Waals surface area contributed by atoms with E-state index in [0.717, 1.165) is 0 Å². The van der Waals surface area contributed by atoms with Crippen LogP contribution in [0.4, 0.5) is 0 Å². The van der Waals surface area contributed by atoms with Gasteiger partial charge in [-0.2, -0.15) is 0 Å². The highest BCUT2D eigenvalue weighted by atomic mass is 31.2. The monoisotopic (exact) mass is 430 g/mol. The molecule has 3 aromatic heterocycles. The lowest BCUT2D eigenvalue weighted by molar-refractivity contribution is 0.188. The Hall–Kier alpha value is -3.17. The zero-order valence-corrected chi connectivity index (χ0v) is 16.8. The average molecular weight is 430 g/mol. The van der Waals surface area contributed by atoms with E-state index in [-0.39, 0.29) is 23.3 Å². The minimum atomic E-state index is -4.69. The van der Waals surface area contributed by atoms with Crippen molar-refractivity contribution in [1.82, 2.24) is 15.0 Å². The van der Waals surface area contributed by atoms with E-state index in [1.165, 1.54) is 24.5 Å². The van der Waals surface area contributed by atoms with Gasteiger partial charge in [-0.25, -0.2) is 4.57 Å². The van der Waals surface area contributed by atoms with Crippen LogP contribution in [0.1, 0.15) is 22.5 Å². The second-order valence-corrected chi connectivity index (χ2v) is 7.57. The first-order valence-corrected chi connectivity index (χ1v) is 10.3. The predicted octanol–water partition coefficient (Wildman–Crippen LogP) is 2.07. The standard InChI is InChI=1S/C19H19N4O6P/c1-12-19(25)16(13(8-22-12)11-29-30(26,27)28)10-20-9-14-6-15(24)7-18(23-14)17-4-2-3-5-21-17/h2-9,25H,10-11H2,1H3,(H,23,24)(H2,26,27,28). The Balaban J connectivity index is 1.85. The molecule has 0 atom stereocenters. The Morgan fingerprint density at radius 1 is 1.27 bits per heavy atom. The fourth-order valence-corrected chi connectivity index (χ4v) is 2.98. The molecule has 11 heteroatoms. The van der Waals surface area contributed by atoms with Gasteiger partial charge in [0.15, 0.2) is 5.43 Å². The molecule has 30 heavy (non-hydrogen) atoms. The van der Waals surface area contributed by atoms with E-state index in [1.807, 2.05) is 0 Å². The molecule has 0 radical (unpaired) electrons. The topological polar surface area (TPSA) is 158 Å². The van der Waals surface area contributed by atoms with Gasteiger partial charge < -0.3 is 19.9 Å². The number of nitrogens with one attached hydrogen (secondary N) is 1. The molecule has 0 saturated heterocycles. The Bertz CT molecular complexity index is 1170. The number of rotatable bonds is 7. The van der Waals surface area contributed by atoms with Gasteiger partial charge in [-0.15, -0.1) is 0 Å². The fourth-order valence-electron chi connectivity index (χ4n) is 2.67. The summed E-state index contributed by atoms with van der Waals surface area (Å²) >= 11 is 0. The summed E-state index contributed by atoms with van der Waals surface area (Å²) in [6.45, 7) is 1.12. The van der Waals surface area contributed by atoms with Crippen LogP contribution in [-0.2, 0) is 22.2 Å². The molecule has 3 aromatic rings. The number of aromatic amines is 1. The van der Waals surface area contributed by atoms with Crippen molar-refractivity contribution in [2.24, 2.45) is 4.99 Å². The minimum absolute atomic E-state index is 0.0229. The van der Waals surface area contributed by atoms with Gasteiger partial charge in [0.05, 0.1) is 35.9 Å². The molecule has 0 spiro atoms. The molecule has 0 aliphatic rings. The molecule has 4 N–H and O–H groups in total. The van der Waals surface area contributed by atoms with Crippen molar-refractivity contribution in [2.75, 3.05) is 0 Å². The average Bonchev–Trinajstić information content (AvgIpc) is 2.70. The first-order chi connectivity index (χ1) is 14.2. The highest BCUT2D eigenvalue weighted by Gasteiger charge is 2.17. The van der Waals surface area contributed by atoms with E-state index in [0.29, 0.717) is 28.3 Å². The number of aromatic hydroxyl groups is 1. The van der Waals surface area contributed by atoms with Gasteiger partial charge in [0, 0.05) is 41.9 Å². The van der Waals surface area contributed by atoms with Crippen molar-refractivity contribution in [3.05, 3.63) is 75.5 Å². The second kappa shape index (κ2) is 9.10. The number of H-pyrrole nitrogens is 1. The van der Waals surface area contributed by atoms with Crippen molar-refractivity contribution in [2.45, 2.75) is 20.1 Å². The molecule has 0 unspecified atom stereocenters. The maximum absolute atomic E-state index is 12.0. The van der Waals surface area contributed by atoms with E-state index in [9.17, 15) is 14.5 Å². The van der Waals surface area contributed by atoms with Crippen LogP contribution >= 0.6 is 7.82 Å². The molecule has 0 saturated carbocycles. The van der Waals surface area contributed by atoms with E-state index in [1.54, 1.807) is 31.3 Å². The van der Waals surface area contributed by atoms with Crippen LogP contribution in [0.25, 0.3) is 11.4 Å². The van der Waals surface area contributed by atoms with Crippen LogP contribution < -0.4 is 5.43 Å². The highest BCUT2D eigenvalue weighted by molar-refractivity contribution is 7.46. The number of hydrogen-bond acceptors (Lipinski definition) is 7. The molecule has 3 heterocycles. The fraction of sp³-hybridized carbons (Fsp3) is 0.158.